The van der Waals surface area contributed by atoms with E-state index in [-0.39, 0.29) is 0 Å². The fourth-order valence-electron chi connectivity index (χ4n) is 2.21. The Kier molecular flexibility index (Phi) is 6.91. The predicted molar refractivity (Wildman–Crippen MR) is 77.5 cm³/mol. The molecule has 0 aliphatic heterocycles. The lowest BCUT2D eigenvalue weighted by atomic mass is 10.1. The van der Waals surface area contributed by atoms with Crippen molar-refractivity contribution in [2.75, 3.05) is 13.6 Å². The molecule has 1 heterocycles. The molecule has 0 spiro atoms. The molecule has 1 aromatic heterocycles. The molecule has 2 atom stereocenters. The number of rotatable bonds is 8. The van der Waals surface area contributed by atoms with Crippen LogP contribution in [0.5, 0.6) is 0 Å². The van der Waals surface area contributed by atoms with Crippen molar-refractivity contribution in [1.29, 1.82) is 0 Å². The van der Waals surface area contributed by atoms with Gasteiger partial charge in [0.2, 0.25) is 0 Å². The van der Waals surface area contributed by atoms with E-state index in [0.717, 1.165) is 13.1 Å². The first-order chi connectivity index (χ1) is 8.69. The minimum atomic E-state index is 0.537. The molecular formula is C15H27N3. The SMILES string of the molecule is CCCNC(CC)C(C)N(C)Cc1ccncc1. The van der Waals surface area contributed by atoms with E-state index < -0.39 is 0 Å². The average molecular weight is 249 g/mol. The zero-order chi connectivity index (χ0) is 13.4. The number of nitrogens with one attached hydrogen (secondary N) is 1. The third-order valence-corrected chi connectivity index (χ3v) is 3.56. The van der Waals surface area contributed by atoms with E-state index in [1.807, 2.05) is 12.4 Å². The molecule has 0 saturated carbocycles. The summed E-state index contributed by atoms with van der Waals surface area (Å²) in [4.78, 5) is 6.47. The third-order valence-electron chi connectivity index (χ3n) is 3.56. The number of likely N-dealkylation sites (N-methyl/N-ethyl adjacent to an activating group) is 1. The minimum Gasteiger partial charge on any atom is -0.312 e. The summed E-state index contributed by atoms with van der Waals surface area (Å²) < 4.78 is 0. The molecule has 0 amide bonds. The summed E-state index contributed by atoms with van der Waals surface area (Å²) >= 11 is 0. The van der Waals surface area contributed by atoms with Gasteiger partial charge in [-0.2, -0.15) is 0 Å². The zero-order valence-electron chi connectivity index (χ0n) is 12.2. The van der Waals surface area contributed by atoms with E-state index in [9.17, 15) is 0 Å². The summed E-state index contributed by atoms with van der Waals surface area (Å²) in [6, 6.07) is 5.28. The lowest BCUT2D eigenvalue weighted by Gasteiger charge is -2.32. The summed E-state index contributed by atoms with van der Waals surface area (Å²) in [6.07, 6.45) is 6.08. The zero-order valence-corrected chi connectivity index (χ0v) is 12.2. The number of nitrogens with zero attached hydrogens (tertiary/aromatic N) is 2. The van der Waals surface area contributed by atoms with Crippen molar-refractivity contribution >= 4 is 0 Å². The second kappa shape index (κ2) is 8.22. The highest BCUT2D eigenvalue weighted by Gasteiger charge is 2.18. The van der Waals surface area contributed by atoms with Gasteiger partial charge >= 0.3 is 0 Å². The smallest absolute Gasteiger partial charge is 0.0271 e. The van der Waals surface area contributed by atoms with E-state index in [4.69, 9.17) is 0 Å². The van der Waals surface area contributed by atoms with Crippen LogP contribution in [0.1, 0.15) is 39.2 Å². The normalized spacial score (nSPS) is 14.7. The van der Waals surface area contributed by atoms with Gasteiger partial charge in [-0.3, -0.25) is 9.88 Å². The molecule has 1 rings (SSSR count). The molecule has 0 bridgehead atoms. The highest BCUT2D eigenvalue weighted by Crippen LogP contribution is 2.10. The Labute approximate surface area is 112 Å². The number of hydrogen-bond acceptors (Lipinski definition) is 3. The van der Waals surface area contributed by atoms with Crippen molar-refractivity contribution in [3.63, 3.8) is 0 Å². The van der Waals surface area contributed by atoms with Gasteiger partial charge in [0.25, 0.3) is 0 Å². The fraction of sp³-hybridized carbons (Fsp3) is 0.667. The summed E-state index contributed by atoms with van der Waals surface area (Å²) in [5.41, 5.74) is 1.32. The second-order valence-electron chi connectivity index (χ2n) is 4.98. The van der Waals surface area contributed by atoms with Gasteiger partial charge in [-0.15, -0.1) is 0 Å². The largest absolute Gasteiger partial charge is 0.312 e. The molecule has 3 heteroatoms. The molecule has 0 aliphatic carbocycles. The third kappa shape index (κ3) is 4.75. The molecule has 1 aromatic rings. The highest BCUT2D eigenvalue weighted by atomic mass is 15.2. The minimum absolute atomic E-state index is 0.537. The fourth-order valence-corrected chi connectivity index (χ4v) is 2.21. The maximum atomic E-state index is 4.06. The lowest BCUT2D eigenvalue weighted by molar-refractivity contribution is 0.195. The summed E-state index contributed by atoms with van der Waals surface area (Å²) in [7, 11) is 2.20. The van der Waals surface area contributed by atoms with Gasteiger partial charge in [-0.05, 0) is 51.1 Å². The van der Waals surface area contributed by atoms with Crippen LogP contribution in [-0.2, 0) is 6.54 Å². The van der Waals surface area contributed by atoms with Crippen LogP contribution in [0.15, 0.2) is 24.5 Å². The summed E-state index contributed by atoms with van der Waals surface area (Å²) in [5.74, 6) is 0. The molecule has 0 fully saturated rings. The first-order valence-electron chi connectivity index (χ1n) is 7.01. The maximum absolute atomic E-state index is 4.06. The topological polar surface area (TPSA) is 28.2 Å². The van der Waals surface area contributed by atoms with Crippen molar-refractivity contribution in [3.05, 3.63) is 30.1 Å². The van der Waals surface area contributed by atoms with Gasteiger partial charge in [0.15, 0.2) is 0 Å². The molecule has 2 unspecified atom stereocenters. The number of pyridine rings is 1. The number of aromatic nitrogens is 1. The van der Waals surface area contributed by atoms with Crippen molar-refractivity contribution in [2.45, 2.75) is 52.2 Å². The van der Waals surface area contributed by atoms with Crippen molar-refractivity contribution in [1.82, 2.24) is 15.2 Å². The van der Waals surface area contributed by atoms with Crippen LogP contribution in [0.2, 0.25) is 0 Å². The Morgan fingerprint density at radius 1 is 1.28 bits per heavy atom. The van der Waals surface area contributed by atoms with Crippen LogP contribution < -0.4 is 5.32 Å². The molecule has 0 saturated heterocycles. The first kappa shape index (κ1) is 15.1. The van der Waals surface area contributed by atoms with Gasteiger partial charge < -0.3 is 5.32 Å². The van der Waals surface area contributed by atoms with Crippen LogP contribution in [-0.4, -0.2) is 35.6 Å². The predicted octanol–water partition coefficient (Wildman–Crippen LogP) is 2.68. The van der Waals surface area contributed by atoms with Gasteiger partial charge in [0, 0.05) is 31.0 Å². The standard InChI is InChI=1S/C15H27N3/c1-5-9-17-15(6-2)13(3)18(4)12-14-7-10-16-11-8-14/h7-8,10-11,13,15,17H,5-6,9,12H2,1-4H3. The van der Waals surface area contributed by atoms with E-state index in [1.165, 1.54) is 18.4 Å². The van der Waals surface area contributed by atoms with E-state index >= 15 is 0 Å². The number of hydrogen-bond donors (Lipinski definition) is 1. The molecule has 102 valence electrons. The Hall–Kier alpha value is -0.930. The second-order valence-corrected chi connectivity index (χ2v) is 4.98. The van der Waals surface area contributed by atoms with Crippen LogP contribution >= 0.6 is 0 Å². The quantitative estimate of drug-likeness (QED) is 0.768. The van der Waals surface area contributed by atoms with Gasteiger partial charge in [0.1, 0.15) is 0 Å². The van der Waals surface area contributed by atoms with Gasteiger partial charge in [0.05, 0.1) is 0 Å². The highest BCUT2D eigenvalue weighted by molar-refractivity contribution is 5.09. The Bertz CT molecular complexity index is 313. The van der Waals surface area contributed by atoms with Crippen molar-refractivity contribution in [2.24, 2.45) is 0 Å². The van der Waals surface area contributed by atoms with E-state index in [1.54, 1.807) is 0 Å². The summed E-state index contributed by atoms with van der Waals surface area (Å²) in [5, 5.41) is 3.63. The molecular weight excluding hydrogens is 222 g/mol. The molecule has 1 N–H and O–H groups in total. The van der Waals surface area contributed by atoms with E-state index in [2.05, 4.69) is 55.2 Å². The molecule has 3 nitrogen and oxygen atoms in total. The molecule has 0 aromatic carbocycles. The summed E-state index contributed by atoms with van der Waals surface area (Å²) in [6.45, 7) is 8.85. The van der Waals surface area contributed by atoms with E-state index in [0.29, 0.717) is 12.1 Å². The van der Waals surface area contributed by atoms with Crippen LogP contribution in [0.4, 0.5) is 0 Å². The monoisotopic (exact) mass is 249 g/mol. The van der Waals surface area contributed by atoms with Crippen LogP contribution in [0, 0.1) is 0 Å². The Morgan fingerprint density at radius 2 is 1.94 bits per heavy atom. The maximum Gasteiger partial charge on any atom is 0.0271 e. The molecule has 18 heavy (non-hydrogen) atoms. The lowest BCUT2D eigenvalue weighted by Crippen LogP contribution is -2.46. The van der Waals surface area contributed by atoms with Gasteiger partial charge in [-0.25, -0.2) is 0 Å². The van der Waals surface area contributed by atoms with Crippen LogP contribution in [0.3, 0.4) is 0 Å². The van der Waals surface area contributed by atoms with Crippen molar-refractivity contribution < 1.29 is 0 Å². The van der Waals surface area contributed by atoms with Gasteiger partial charge in [-0.1, -0.05) is 13.8 Å². The molecule has 0 aliphatic rings. The average Bonchev–Trinajstić information content (AvgIpc) is 2.40. The molecule has 0 radical (unpaired) electrons. The van der Waals surface area contributed by atoms with Crippen molar-refractivity contribution in [3.8, 4) is 0 Å². The Morgan fingerprint density at radius 3 is 2.50 bits per heavy atom. The first-order valence-corrected chi connectivity index (χ1v) is 7.01. The van der Waals surface area contributed by atoms with Crippen LogP contribution in [0.25, 0.3) is 0 Å². The Balaban J connectivity index is 2.51.